The molecule has 0 aliphatic carbocycles. The first kappa shape index (κ1) is 19.5. The Labute approximate surface area is 175 Å². The molecule has 0 saturated carbocycles. The summed E-state index contributed by atoms with van der Waals surface area (Å²) in [5.41, 5.74) is 4.20. The maximum absolute atomic E-state index is 13.2. The normalized spacial score (nSPS) is 11.1. The maximum Gasteiger partial charge on any atom is 0.227 e. The summed E-state index contributed by atoms with van der Waals surface area (Å²) in [7, 11) is 0. The van der Waals surface area contributed by atoms with Crippen LogP contribution in [0.5, 0.6) is 0 Å². The number of aryl methyl sites for hydroxylation is 2. The molecule has 1 amide bonds. The summed E-state index contributed by atoms with van der Waals surface area (Å²) in [5.74, 6) is 0.134. The first-order chi connectivity index (χ1) is 14.1. The van der Waals surface area contributed by atoms with Gasteiger partial charge in [-0.2, -0.15) is 0 Å². The highest BCUT2D eigenvalue weighted by Crippen LogP contribution is 2.24. The molecule has 4 aromatic rings. The first-order valence-corrected chi connectivity index (χ1v) is 10.7. The molecule has 0 bridgehead atoms. The third kappa shape index (κ3) is 4.77. The van der Waals surface area contributed by atoms with Gasteiger partial charge >= 0.3 is 0 Å². The van der Waals surface area contributed by atoms with Gasteiger partial charge in [-0.3, -0.25) is 4.79 Å². The van der Waals surface area contributed by atoms with Crippen LogP contribution in [0.15, 0.2) is 71.3 Å². The molecule has 0 unspecified atom stereocenters. The summed E-state index contributed by atoms with van der Waals surface area (Å²) in [6.45, 7) is 5.50. The highest BCUT2D eigenvalue weighted by atomic mass is 32.1. The number of hydrogen-bond acceptors (Lipinski definition) is 3. The van der Waals surface area contributed by atoms with Gasteiger partial charge in [0, 0.05) is 27.2 Å². The third-order valence-electron chi connectivity index (χ3n) is 5.16. The molecule has 4 rings (SSSR count). The molecule has 2 aromatic heterocycles. The number of fused-ring (bicyclic) bond motifs is 1. The van der Waals surface area contributed by atoms with E-state index in [-0.39, 0.29) is 5.91 Å². The van der Waals surface area contributed by atoms with Crippen LogP contribution in [-0.2, 0) is 24.2 Å². The zero-order valence-electron chi connectivity index (χ0n) is 16.9. The van der Waals surface area contributed by atoms with Crippen LogP contribution in [0.2, 0.25) is 0 Å². The lowest BCUT2D eigenvalue weighted by atomic mass is 10.1. The Kier molecular flexibility index (Phi) is 5.81. The molecule has 0 fully saturated rings. The van der Waals surface area contributed by atoms with Gasteiger partial charge in [0.2, 0.25) is 5.91 Å². The maximum atomic E-state index is 13.2. The van der Waals surface area contributed by atoms with E-state index < -0.39 is 0 Å². The van der Waals surface area contributed by atoms with Crippen molar-refractivity contribution >= 4 is 28.2 Å². The van der Waals surface area contributed by atoms with E-state index in [1.807, 2.05) is 42.2 Å². The number of carbonyl (C=O) groups excluding carboxylic acids is 1. The molecule has 0 atom stereocenters. The van der Waals surface area contributed by atoms with E-state index in [1.54, 1.807) is 17.6 Å². The lowest BCUT2D eigenvalue weighted by Gasteiger charge is -2.22. The number of nitrogens with zero attached hydrogens (tertiary/aromatic N) is 1. The Morgan fingerprint density at radius 2 is 1.86 bits per heavy atom. The fourth-order valence-electron chi connectivity index (χ4n) is 3.56. The second-order valence-electron chi connectivity index (χ2n) is 7.50. The average molecular weight is 404 g/mol. The van der Waals surface area contributed by atoms with Gasteiger partial charge in [0.05, 0.1) is 19.2 Å². The van der Waals surface area contributed by atoms with Crippen molar-refractivity contribution in [3.8, 4) is 0 Å². The molecule has 2 heterocycles. The van der Waals surface area contributed by atoms with Crippen LogP contribution in [0.4, 0.5) is 0 Å². The van der Waals surface area contributed by atoms with Crippen molar-refractivity contribution in [2.75, 3.05) is 6.54 Å². The third-order valence-corrected chi connectivity index (χ3v) is 6.15. The van der Waals surface area contributed by atoms with E-state index in [2.05, 4.69) is 37.3 Å². The number of carbonyl (C=O) groups is 1. The molecule has 0 aliphatic heterocycles. The summed E-state index contributed by atoms with van der Waals surface area (Å²) in [4.78, 5) is 17.7. The topological polar surface area (TPSA) is 33.5 Å². The molecule has 0 saturated heterocycles. The monoisotopic (exact) mass is 403 g/mol. The van der Waals surface area contributed by atoms with Crippen molar-refractivity contribution < 1.29 is 9.21 Å². The summed E-state index contributed by atoms with van der Waals surface area (Å²) in [5, 5.41) is 1.03. The van der Waals surface area contributed by atoms with Crippen molar-refractivity contribution in [2.45, 2.75) is 33.2 Å². The molecular weight excluding hydrogens is 378 g/mol. The quantitative estimate of drug-likeness (QED) is 0.383. The van der Waals surface area contributed by atoms with Gasteiger partial charge in [0.15, 0.2) is 0 Å². The van der Waals surface area contributed by atoms with Crippen molar-refractivity contribution in [1.29, 1.82) is 0 Å². The van der Waals surface area contributed by atoms with Gasteiger partial charge in [0.25, 0.3) is 0 Å². The van der Waals surface area contributed by atoms with E-state index in [4.69, 9.17) is 4.42 Å². The van der Waals surface area contributed by atoms with Gasteiger partial charge in [-0.25, -0.2) is 0 Å². The lowest BCUT2D eigenvalue weighted by Crippen LogP contribution is -2.33. The fraction of sp³-hybridized carbons (Fsp3) is 0.240. The first-order valence-electron chi connectivity index (χ1n) is 9.92. The van der Waals surface area contributed by atoms with Gasteiger partial charge in [-0.05, 0) is 49.6 Å². The van der Waals surface area contributed by atoms with Crippen molar-refractivity contribution in [3.63, 3.8) is 0 Å². The largest absolute Gasteiger partial charge is 0.464 e. The molecule has 0 radical (unpaired) electrons. The van der Waals surface area contributed by atoms with Crippen LogP contribution < -0.4 is 0 Å². The Morgan fingerprint density at radius 1 is 1.03 bits per heavy atom. The Hall–Kier alpha value is -2.85. The molecule has 148 valence electrons. The second kappa shape index (κ2) is 8.66. The highest BCUT2D eigenvalue weighted by molar-refractivity contribution is 7.11. The lowest BCUT2D eigenvalue weighted by molar-refractivity contribution is -0.131. The van der Waals surface area contributed by atoms with Gasteiger partial charge in [0.1, 0.15) is 5.58 Å². The zero-order valence-corrected chi connectivity index (χ0v) is 17.7. The number of rotatable bonds is 7. The molecule has 29 heavy (non-hydrogen) atoms. The number of thiophene rings is 1. The Bertz CT molecular complexity index is 1110. The second-order valence-corrected chi connectivity index (χ2v) is 8.87. The van der Waals surface area contributed by atoms with Crippen molar-refractivity contribution in [2.24, 2.45) is 0 Å². The van der Waals surface area contributed by atoms with E-state index in [0.29, 0.717) is 19.5 Å². The summed E-state index contributed by atoms with van der Waals surface area (Å²) in [6.07, 6.45) is 2.93. The van der Waals surface area contributed by atoms with Gasteiger partial charge in [-0.1, -0.05) is 42.5 Å². The van der Waals surface area contributed by atoms with Gasteiger partial charge < -0.3 is 9.32 Å². The van der Waals surface area contributed by atoms with Crippen LogP contribution >= 0.6 is 11.3 Å². The predicted molar refractivity (Wildman–Crippen MR) is 119 cm³/mol. The van der Waals surface area contributed by atoms with Crippen LogP contribution in [0, 0.1) is 13.8 Å². The summed E-state index contributed by atoms with van der Waals surface area (Å²) in [6, 6.07) is 20.7. The molecule has 0 N–H and O–H groups in total. The number of furan rings is 1. The molecule has 4 heteroatoms. The van der Waals surface area contributed by atoms with Crippen molar-refractivity contribution in [1.82, 2.24) is 4.90 Å². The summed E-state index contributed by atoms with van der Waals surface area (Å²) < 4.78 is 5.69. The standard InChI is InChI=1S/C25H25NO2S/c1-18-8-11-23-21(17-28-24(23)14-18)15-25(27)26(16-22-10-9-19(2)29-22)13-12-20-6-4-3-5-7-20/h3-11,14,17H,12-13,15-16H2,1-2H3. The Morgan fingerprint density at radius 3 is 2.62 bits per heavy atom. The van der Waals surface area contributed by atoms with Gasteiger partial charge in [-0.15, -0.1) is 11.3 Å². The van der Waals surface area contributed by atoms with E-state index in [9.17, 15) is 4.79 Å². The van der Waals surface area contributed by atoms with Crippen LogP contribution in [0.1, 0.15) is 26.4 Å². The fourth-order valence-corrected chi connectivity index (χ4v) is 4.47. The van der Waals surface area contributed by atoms with E-state index in [1.165, 1.54) is 15.3 Å². The highest BCUT2D eigenvalue weighted by Gasteiger charge is 2.18. The Balaban J connectivity index is 1.52. The SMILES string of the molecule is Cc1ccc2c(CC(=O)N(CCc3ccccc3)Cc3ccc(C)s3)coc2c1. The molecule has 2 aromatic carbocycles. The average Bonchev–Trinajstić information content (AvgIpc) is 3.31. The van der Waals surface area contributed by atoms with Crippen LogP contribution in [-0.4, -0.2) is 17.4 Å². The number of hydrogen-bond donors (Lipinski definition) is 0. The smallest absolute Gasteiger partial charge is 0.227 e. The van der Waals surface area contributed by atoms with E-state index in [0.717, 1.165) is 28.5 Å². The van der Waals surface area contributed by atoms with Crippen LogP contribution in [0.3, 0.4) is 0 Å². The van der Waals surface area contributed by atoms with E-state index >= 15 is 0 Å². The molecular formula is C25H25NO2S. The minimum atomic E-state index is 0.134. The van der Waals surface area contributed by atoms with Crippen molar-refractivity contribution in [3.05, 3.63) is 93.4 Å². The molecule has 3 nitrogen and oxygen atoms in total. The minimum Gasteiger partial charge on any atom is -0.464 e. The van der Waals surface area contributed by atoms with Crippen LogP contribution in [0.25, 0.3) is 11.0 Å². The minimum absolute atomic E-state index is 0.134. The number of amides is 1. The zero-order chi connectivity index (χ0) is 20.2. The predicted octanol–water partition coefficient (Wildman–Crippen LogP) is 5.93. The molecule has 0 spiro atoms. The number of benzene rings is 2. The summed E-state index contributed by atoms with van der Waals surface area (Å²) >= 11 is 1.75. The molecule has 0 aliphatic rings.